The summed E-state index contributed by atoms with van der Waals surface area (Å²) in [5, 5.41) is 6.79. The lowest BCUT2D eigenvalue weighted by molar-refractivity contribution is 0.0905. The second-order valence-electron chi connectivity index (χ2n) is 6.85. The summed E-state index contributed by atoms with van der Waals surface area (Å²) in [5.41, 5.74) is 0.296. The molecule has 0 bridgehead atoms. The minimum atomic E-state index is -3.33. The number of carbonyl (C=O) groups excluding carboxylic acids is 1. The molecule has 0 radical (unpaired) electrons. The molecule has 0 spiro atoms. The van der Waals surface area contributed by atoms with Gasteiger partial charge in [-0.25, -0.2) is 8.42 Å². The van der Waals surface area contributed by atoms with E-state index in [0.717, 1.165) is 18.6 Å². The number of methoxy groups -OCH3 is 1. The molecule has 1 saturated heterocycles. The lowest BCUT2D eigenvalue weighted by atomic mass is 10.0. The molecule has 2 heterocycles. The molecule has 25 heavy (non-hydrogen) atoms. The van der Waals surface area contributed by atoms with Gasteiger partial charge in [0.15, 0.2) is 5.69 Å². The van der Waals surface area contributed by atoms with Gasteiger partial charge in [-0.15, -0.1) is 0 Å². The highest BCUT2D eigenvalue weighted by molar-refractivity contribution is 7.89. The van der Waals surface area contributed by atoms with Gasteiger partial charge < -0.3 is 14.6 Å². The predicted molar refractivity (Wildman–Crippen MR) is 90.8 cm³/mol. The van der Waals surface area contributed by atoms with Gasteiger partial charge in [0.2, 0.25) is 10.0 Å². The summed E-state index contributed by atoms with van der Waals surface area (Å²) in [6.07, 6.45) is 3.33. The molecular weight excluding hydrogens is 346 g/mol. The molecule has 1 amide bonds. The van der Waals surface area contributed by atoms with Gasteiger partial charge >= 0.3 is 0 Å². The van der Waals surface area contributed by atoms with Crippen molar-refractivity contribution < 1.29 is 22.5 Å². The molecule has 140 valence electrons. The van der Waals surface area contributed by atoms with Crippen molar-refractivity contribution in [3.63, 3.8) is 0 Å². The third-order valence-electron chi connectivity index (χ3n) is 4.79. The first kappa shape index (κ1) is 18.3. The van der Waals surface area contributed by atoms with Crippen LogP contribution in [-0.2, 0) is 14.8 Å². The van der Waals surface area contributed by atoms with Gasteiger partial charge in [-0.2, -0.15) is 4.31 Å². The molecular formula is C16H25N3O5S. The minimum Gasteiger partial charge on any atom is -0.384 e. The zero-order chi connectivity index (χ0) is 18.0. The molecule has 1 saturated carbocycles. The first-order valence-corrected chi connectivity index (χ1v) is 10.3. The van der Waals surface area contributed by atoms with Crippen LogP contribution in [0.5, 0.6) is 0 Å². The Morgan fingerprint density at radius 2 is 2.20 bits per heavy atom. The van der Waals surface area contributed by atoms with Crippen LogP contribution in [0, 0.1) is 0 Å². The molecule has 1 aliphatic heterocycles. The highest BCUT2D eigenvalue weighted by Gasteiger charge is 2.34. The van der Waals surface area contributed by atoms with E-state index in [1.807, 2.05) is 6.92 Å². The van der Waals surface area contributed by atoms with E-state index < -0.39 is 10.0 Å². The Balaban J connectivity index is 1.54. The van der Waals surface area contributed by atoms with Crippen molar-refractivity contribution in [3.8, 4) is 0 Å². The third kappa shape index (κ3) is 4.39. The van der Waals surface area contributed by atoms with Crippen LogP contribution in [0.15, 0.2) is 10.6 Å². The first-order chi connectivity index (χ1) is 11.9. The summed E-state index contributed by atoms with van der Waals surface area (Å²) in [7, 11) is -1.84. The zero-order valence-electron chi connectivity index (χ0n) is 14.6. The minimum absolute atomic E-state index is 0.0201. The van der Waals surface area contributed by atoms with Crippen LogP contribution < -0.4 is 5.32 Å². The summed E-state index contributed by atoms with van der Waals surface area (Å²) in [4.78, 5) is 12.3. The number of hydrogen-bond donors (Lipinski definition) is 1. The van der Waals surface area contributed by atoms with Gasteiger partial charge in [0.05, 0.1) is 12.4 Å². The van der Waals surface area contributed by atoms with Gasteiger partial charge in [0.25, 0.3) is 5.91 Å². The molecule has 1 aromatic heterocycles. The standard InChI is InChI=1S/C16H25N3O5S/c1-11-9-13(5-6-19(11)25(21,22)8-7-23-2)17-16(20)14-10-15(24-18-14)12-3-4-12/h10-13H,3-9H2,1-2H3,(H,17,20)/t11-,13-/m1/s1. The fraction of sp³-hybridized carbons (Fsp3) is 0.750. The van der Waals surface area contributed by atoms with E-state index in [1.54, 1.807) is 6.07 Å². The molecule has 2 aliphatic rings. The lowest BCUT2D eigenvalue weighted by Crippen LogP contribution is -2.51. The Morgan fingerprint density at radius 1 is 1.44 bits per heavy atom. The summed E-state index contributed by atoms with van der Waals surface area (Å²) in [5.74, 6) is 0.907. The average molecular weight is 371 g/mol. The Kier molecular flexibility index (Phi) is 5.45. The molecule has 1 N–H and O–H groups in total. The fourth-order valence-electron chi connectivity index (χ4n) is 3.22. The number of nitrogens with zero attached hydrogens (tertiary/aromatic N) is 2. The van der Waals surface area contributed by atoms with E-state index in [9.17, 15) is 13.2 Å². The summed E-state index contributed by atoms with van der Waals surface area (Å²) < 4.78 is 36.2. The summed E-state index contributed by atoms with van der Waals surface area (Å²) >= 11 is 0. The van der Waals surface area contributed by atoms with E-state index >= 15 is 0 Å². The molecule has 0 unspecified atom stereocenters. The summed E-state index contributed by atoms with van der Waals surface area (Å²) in [6, 6.07) is 1.47. The van der Waals surface area contributed by atoms with Crippen molar-refractivity contribution in [1.82, 2.24) is 14.8 Å². The molecule has 9 heteroatoms. The predicted octanol–water partition coefficient (Wildman–Crippen LogP) is 1.11. The molecule has 1 aliphatic carbocycles. The number of piperidine rings is 1. The first-order valence-electron chi connectivity index (χ1n) is 8.66. The number of ether oxygens (including phenoxy) is 1. The molecule has 2 atom stereocenters. The normalized spacial score (nSPS) is 25.0. The van der Waals surface area contributed by atoms with Crippen LogP contribution in [0.3, 0.4) is 0 Å². The second-order valence-corrected chi connectivity index (χ2v) is 8.89. The molecule has 2 fully saturated rings. The number of hydrogen-bond acceptors (Lipinski definition) is 6. The van der Waals surface area contributed by atoms with Gasteiger partial charge in [0, 0.05) is 37.7 Å². The quantitative estimate of drug-likeness (QED) is 0.770. The molecule has 0 aromatic carbocycles. The number of amides is 1. The van der Waals surface area contributed by atoms with Crippen LogP contribution in [0.1, 0.15) is 54.8 Å². The highest BCUT2D eigenvalue weighted by Crippen LogP contribution is 2.40. The van der Waals surface area contributed by atoms with Crippen molar-refractivity contribution in [1.29, 1.82) is 0 Å². The molecule has 3 rings (SSSR count). The van der Waals surface area contributed by atoms with E-state index in [0.29, 0.717) is 31.0 Å². The van der Waals surface area contributed by atoms with Crippen molar-refractivity contribution >= 4 is 15.9 Å². The Morgan fingerprint density at radius 3 is 2.84 bits per heavy atom. The Bertz CT molecular complexity index is 713. The fourth-order valence-corrected chi connectivity index (χ4v) is 4.85. The van der Waals surface area contributed by atoms with Crippen LogP contribution in [-0.4, -0.2) is 61.9 Å². The van der Waals surface area contributed by atoms with Crippen LogP contribution in [0.25, 0.3) is 0 Å². The highest BCUT2D eigenvalue weighted by atomic mass is 32.2. The SMILES string of the molecule is COCCS(=O)(=O)N1CC[C@@H](NC(=O)c2cc(C3CC3)on2)C[C@H]1C. The van der Waals surface area contributed by atoms with E-state index in [4.69, 9.17) is 9.26 Å². The number of sulfonamides is 1. The second kappa shape index (κ2) is 7.43. The van der Waals surface area contributed by atoms with Gasteiger partial charge in [0.1, 0.15) is 5.76 Å². The lowest BCUT2D eigenvalue weighted by Gasteiger charge is -2.36. The Labute approximate surface area is 147 Å². The van der Waals surface area contributed by atoms with Gasteiger partial charge in [-0.1, -0.05) is 5.16 Å². The number of nitrogens with one attached hydrogen (secondary N) is 1. The van der Waals surface area contributed by atoms with Gasteiger partial charge in [-0.05, 0) is 32.6 Å². The van der Waals surface area contributed by atoms with E-state index in [2.05, 4.69) is 10.5 Å². The summed E-state index contributed by atoms with van der Waals surface area (Å²) in [6.45, 7) is 2.44. The monoisotopic (exact) mass is 371 g/mol. The topological polar surface area (TPSA) is 102 Å². The van der Waals surface area contributed by atoms with Crippen molar-refractivity contribution in [3.05, 3.63) is 17.5 Å². The maximum Gasteiger partial charge on any atom is 0.273 e. The Hall–Kier alpha value is -1.45. The van der Waals surface area contributed by atoms with Crippen molar-refractivity contribution in [2.45, 2.75) is 50.6 Å². The maximum atomic E-state index is 12.3. The van der Waals surface area contributed by atoms with Gasteiger partial charge in [-0.3, -0.25) is 4.79 Å². The maximum absolute atomic E-state index is 12.3. The number of aromatic nitrogens is 1. The van der Waals surface area contributed by atoms with E-state index in [1.165, 1.54) is 11.4 Å². The van der Waals surface area contributed by atoms with E-state index in [-0.39, 0.29) is 30.4 Å². The number of carbonyl (C=O) groups is 1. The zero-order valence-corrected chi connectivity index (χ0v) is 15.4. The van der Waals surface area contributed by atoms with Crippen LogP contribution >= 0.6 is 0 Å². The number of rotatable bonds is 7. The van der Waals surface area contributed by atoms with Crippen molar-refractivity contribution in [2.24, 2.45) is 0 Å². The largest absolute Gasteiger partial charge is 0.384 e. The smallest absolute Gasteiger partial charge is 0.273 e. The van der Waals surface area contributed by atoms with Crippen molar-refractivity contribution in [2.75, 3.05) is 26.0 Å². The van der Waals surface area contributed by atoms with Crippen LogP contribution in [0.2, 0.25) is 0 Å². The molecule has 8 nitrogen and oxygen atoms in total. The molecule has 1 aromatic rings. The third-order valence-corrected chi connectivity index (χ3v) is 6.73. The van der Waals surface area contributed by atoms with Crippen LogP contribution in [0.4, 0.5) is 0 Å². The average Bonchev–Trinajstić information content (AvgIpc) is 3.29.